The quantitative estimate of drug-likeness (QED) is 0.0528. The van der Waals surface area contributed by atoms with Crippen LogP contribution in [0.3, 0.4) is 0 Å². The van der Waals surface area contributed by atoms with Crippen LogP contribution in [-0.2, 0) is 43.1 Å². The maximum atomic E-state index is 13.8. The van der Waals surface area contributed by atoms with E-state index in [4.69, 9.17) is 18.6 Å². The third kappa shape index (κ3) is 13.9. The molecule has 0 fully saturated rings. The summed E-state index contributed by atoms with van der Waals surface area (Å²) in [6.45, 7) is 12.8. The second kappa shape index (κ2) is 19.6. The van der Waals surface area contributed by atoms with Gasteiger partial charge in [-0.2, -0.15) is 0 Å². The van der Waals surface area contributed by atoms with E-state index in [9.17, 15) is 14.4 Å². The van der Waals surface area contributed by atoms with Crippen LogP contribution in [0.5, 0.6) is 0 Å². The van der Waals surface area contributed by atoms with Crippen LogP contribution in [0.4, 0.5) is 9.59 Å². The smallest absolute Gasteiger partial charge is 0.429 e. The zero-order chi connectivity index (χ0) is 35.7. The van der Waals surface area contributed by atoms with Crippen molar-refractivity contribution in [2.24, 2.45) is 0 Å². The van der Waals surface area contributed by atoms with Gasteiger partial charge in [-0.3, -0.25) is 0 Å². The molecule has 0 saturated heterocycles. The average molecular weight is 689 g/mol. The van der Waals surface area contributed by atoms with Crippen molar-refractivity contribution in [2.45, 2.75) is 96.9 Å². The van der Waals surface area contributed by atoms with Gasteiger partial charge >= 0.3 is 18.2 Å². The molecule has 2 atom stereocenters. The van der Waals surface area contributed by atoms with E-state index in [2.05, 4.69) is 51.4 Å². The molecule has 49 heavy (non-hydrogen) atoms. The van der Waals surface area contributed by atoms with Crippen molar-refractivity contribution in [3.8, 4) is 0 Å². The Bertz CT molecular complexity index is 1460. The first kappa shape index (κ1) is 39.0. The minimum absolute atomic E-state index is 0.000494. The molecule has 0 unspecified atom stereocenters. The van der Waals surface area contributed by atoms with Gasteiger partial charge in [0.05, 0.1) is 12.6 Å². The van der Waals surface area contributed by atoms with Gasteiger partial charge in [0.1, 0.15) is 13.2 Å². The van der Waals surface area contributed by atoms with Crippen LogP contribution in [0.15, 0.2) is 103 Å². The van der Waals surface area contributed by atoms with E-state index in [-0.39, 0.29) is 37.4 Å². The van der Waals surface area contributed by atoms with Gasteiger partial charge in [0.25, 0.3) is 0 Å². The van der Waals surface area contributed by atoms with Crippen molar-refractivity contribution in [1.29, 1.82) is 0 Å². The minimum Gasteiger partial charge on any atom is -0.463 e. The van der Waals surface area contributed by atoms with E-state index in [1.165, 1.54) is 11.6 Å². The number of ether oxygens (including phenoxy) is 3. The molecule has 0 aliphatic rings. The van der Waals surface area contributed by atoms with Gasteiger partial charge in [-0.15, -0.1) is 0 Å². The Balaban J connectivity index is 1.93. The van der Waals surface area contributed by atoms with Crippen LogP contribution in [-0.4, -0.2) is 50.2 Å². The highest BCUT2D eigenvalue weighted by molar-refractivity contribution is 6.74. The number of rotatable bonds is 16. The summed E-state index contributed by atoms with van der Waals surface area (Å²) >= 11 is 0. The second-order valence-corrected chi connectivity index (χ2v) is 18.1. The number of carbonyl (C=O) groups is 3. The Morgan fingerprint density at radius 1 is 0.796 bits per heavy atom. The molecule has 0 aromatic heterocycles. The molecule has 9 nitrogen and oxygen atoms in total. The number of carbonyl (C=O) groups excluding carboxylic acids is 3. The van der Waals surface area contributed by atoms with Crippen molar-refractivity contribution in [1.82, 2.24) is 10.4 Å². The van der Waals surface area contributed by atoms with Gasteiger partial charge in [-0.05, 0) is 67.4 Å². The Kier molecular flexibility index (Phi) is 15.6. The van der Waals surface area contributed by atoms with Gasteiger partial charge in [-0.25, -0.2) is 24.8 Å². The van der Waals surface area contributed by atoms with Crippen LogP contribution in [0.1, 0.15) is 63.6 Å². The minimum atomic E-state index is -2.29. The highest BCUT2D eigenvalue weighted by Gasteiger charge is 2.40. The number of hydrogen-bond acceptors (Lipinski definition) is 7. The van der Waals surface area contributed by atoms with Crippen molar-refractivity contribution in [3.05, 3.63) is 120 Å². The summed E-state index contributed by atoms with van der Waals surface area (Å²) in [5.74, 6) is -0.567. The molecule has 1 N–H and O–H groups in total. The fourth-order valence-electron chi connectivity index (χ4n) is 4.82. The molecule has 10 heteroatoms. The Morgan fingerprint density at radius 2 is 1.33 bits per heavy atom. The molecule has 0 heterocycles. The van der Waals surface area contributed by atoms with Crippen molar-refractivity contribution in [2.75, 3.05) is 6.61 Å². The van der Waals surface area contributed by atoms with Crippen LogP contribution in [0.25, 0.3) is 0 Å². The fraction of sp³-hybridized carbons (Fsp3) is 0.410. The average Bonchev–Trinajstić information content (AvgIpc) is 3.08. The SMILES string of the molecule is CCOC(=O)/C=C/[C@H](C[C@@H](CCCc1ccccc1)O[Si](C)(C)C(C)(C)C)N(NC(=O)OCc1ccccc1)C(=O)OCc1ccccc1. The molecular formula is C39H52N2O7Si. The van der Waals surface area contributed by atoms with Crippen molar-refractivity contribution < 1.29 is 33.0 Å². The highest BCUT2D eigenvalue weighted by atomic mass is 28.4. The first-order valence-corrected chi connectivity index (χ1v) is 19.8. The van der Waals surface area contributed by atoms with Gasteiger partial charge in [0.2, 0.25) is 0 Å². The molecular weight excluding hydrogens is 637 g/mol. The number of hydrogen-bond donors (Lipinski definition) is 1. The standard InChI is InChI=1S/C39H52N2O7Si/c1-7-45-36(42)27-26-34(28-35(48-49(5,6)39(2,3)4)25-17-24-31-18-11-8-12-19-31)41(38(44)47-30-33-22-15-10-16-23-33)40-37(43)46-29-32-20-13-9-14-21-32/h8-16,18-23,26-27,34-35H,7,17,24-25,28-30H2,1-6H3,(H,40,43)/b27-26+/t34-,35-/m1/s1. The summed E-state index contributed by atoms with van der Waals surface area (Å²) in [6.07, 6.45) is 3.52. The zero-order valence-electron chi connectivity index (χ0n) is 29.7. The number of benzene rings is 3. The summed E-state index contributed by atoms with van der Waals surface area (Å²) in [5, 5.41) is 1.01. The maximum absolute atomic E-state index is 13.8. The molecule has 3 aromatic rings. The topological polar surface area (TPSA) is 103 Å². The van der Waals surface area contributed by atoms with Crippen molar-refractivity contribution in [3.63, 3.8) is 0 Å². The van der Waals surface area contributed by atoms with Crippen LogP contribution in [0, 0.1) is 0 Å². The summed E-state index contributed by atoms with van der Waals surface area (Å²) in [4.78, 5) is 39.5. The van der Waals surface area contributed by atoms with E-state index in [0.717, 1.165) is 29.0 Å². The third-order valence-electron chi connectivity index (χ3n) is 8.51. The number of nitrogens with one attached hydrogen (secondary N) is 1. The Labute approximate surface area is 292 Å². The third-order valence-corrected chi connectivity index (χ3v) is 13.0. The first-order valence-electron chi connectivity index (χ1n) is 16.9. The van der Waals surface area contributed by atoms with E-state index in [0.29, 0.717) is 6.42 Å². The van der Waals surface area contributed by atoms with Crippen LogP contribution in [0.2, 0.25) is 18.1 Å². The lowest BCUT2D eigenvalue weighted by Crippen LogP contribution is -2.53. The first-order chi connectivity index (χ1) is 23.4. The molecule has 0 spiro atoms. The van der Waals surface area contributed by atoms with E-state index < -0.39 is 32.5 Å². The molecule has 2 amide bonds. The molecule has 0 bridgehead atoms. The molecule has 0 aliphatic heterocycles. The number of aryl methyl sites for hydroxylation is 1. The van der Waals surface area contributed by atoms with Crippen molar-refractivity contribution >= 4 is 26.5 Å². The number of esters is 1. The predicted octanol–water partition coefficient (Wildman–Crippen LogP) is 8.76. The normalized spacial score (nSPS) is 12.9. The Hall–Kier alpha value is -4.41. The lowest BCUT2D eigenvalue weighted by atomic mass is 10.0. The van der Waals surface area contributed by atoms with Gasteiger partial charge in [0, 0.05) is 12.2 Å². The predicted molar refractivity (Wildman–Crippen MR) is 194 cm³/mol. The second-order valence-electron chi connectivity index (χ2n) is 13.4. The van der Waals surface area contributed by atoms with Gasteiger partial charge < -0.3 is 18.6 Å². The molecule has 3 aromatic carbocycles. The molecule has 3 rings (SSSR count). The molecule has 264 valence electrons. The summed E-state index contributed by atoms with van der Waals surface area (Å²) in [5.41, 5.74) is 5.40. The number of amides is 2. The highest BCUT2D eigenvalue weighted by Crippen LogP contribution is 2.38. The molecule has 0 aliphatic carbocycles. The number of nitrogens with zero attached hydrogens (tertiary/aromatic N) is 1. The zero-order valence-corrected chi connectivity index (χ0v) is 30.7. The summed E-state index contributed by atoms with van der Waals surface area (Å²) in [6, 6.07) is 27.9. The monoisotopic (exact) mass is 688 g/mol. The molecule has 0 radical (unpaired) electrons. The fourth-order valence-corrected chi connectivity index (χ4v) is 6.22. The van der Waals surface area contributed by atoms with E-state index >= 15 is 0 Å². The summed E-state index contributed by atoms with van der Waals surface area (Å²) in [7, 11) is -2.29. The van der Waals surface area contributed by atoms with E-state index in [1.807, 2.05) is 78.9 Å². The maximum Gasteiger partial charge on any atom is 0.429 e. The van der Waals surface area contributed by atoms with Gasteiger partial charge in [-0.1, -0.05) is 118 Å². The number of hydrazine groups is 1. The van der Waals surface area contributed by atoms with Crippen LogP contribution < -0.4 is 5.43 Å². The lowest BCUT2D eigenvalue weighted by Gasteiger charge is -2.41. The Morgan fingerprint density at radius 3 is 1.86 bits per heavy atom. The van der Waals surface area contributed by atoms with E-state index in [1.54, 1.807) is 13.0 Å². The van der Waals surface area contributed by atoms with Crippen LogP contribution >= 0.6 is 0 Å². The largest absolute Gasteiger partial charge is 0.463 e. The lowest BCUT2D eigenvalue weighted by molar-refractivity contribution is -0.137. The summed E-state index contributed by atoms with van der Waals surface area (Å²) < 4.78 is 23.3. The van der Waals surface area contributed by atoms with Gasteiger partial charge in [0.15, 0.2) is 8.32 Å². The molecule has 0 saturated carbocycles.